The smallest absolute Gasteiger partial charge is 0.257 e. The molecule has 0 saturated carbocycles. The summed E-state index contributed by atoms with van der Waals surface area (Å²) in [5, 5.41) is 5.84. The number of nitrogens with one attached hydrogen (secondary N) is 2. The van der Waals surface area contributed by atoms with E-state index < -0.39 is 0 Å². The van der Waals surface area contributed by atoms with Gasteiger partial charge in [0, 0.05) is 16.8 Å². The molecule has 0 bridgehead atoms. The Morgan fingerprint density at radius 1 is 0.939 bits per heavy atom. The molecule has 0 atom stereocenters. The monoisotopic (exact) mass is 461 g/mol. The number of carbonyl (C=O) groups excluding carboxylic acids is 1. The first-order valence-corrected chi connectivity index (χ1v) is 10.6. The summed E-state index contributed by atoms with van der Waals surface area (Å²) in [6, 6.07) is 16.4. The van der Waals surface area contributed by atoms with Gasteiger partial charge in [0.1, 0.15) is 5.52 Å². The van der Waals surface area contributed by atoms with Crippen LogP contribution in [0, 0.1) is 13.8 Å². The Morgan fingerprint density at radius 3 is 2.33 bits per heavy atom. The lowest BCUT2D eigenvalue weighted by Gasteiger charge is -2.12. The van der Waals surface area contributed by atoms with Gasteiger partial charge in [-0.3, -0.25) is 10.1 Å². The number of methoxy groups -OCH3 is 2. The molecule has 7 nitrogen and oxygen atoms in total. The summed E-state index contributed by atoms with van der Waals surface area (Å²) < 4.78 is 16.3. The molecule has 4 aromatic rings. The van der Waals surface area contributed by atoms with Crippen LogP contribution in [0.3, 0.4) is 0 Å². The maximum atomic E-state index is 12.5. The third-order valence-corrected chi connectivity index (χ3v) is 5.47. The number of oxazole rings is 1. The molecule has 0 aliphatic rings. The lowest BCUT2D eigenvalue weighted by Crippen LogP contribution is -2.34. The van der Waals surface area contributed by atoms with Crippen LogP contribution in [-0.2, 0) is 0 Å². The van der Waals surface area contributed by atoms with Crippen LogP contribution >= 0.6 is 12.2 Å². The van der Waals surface area contributed by atoms with Crippen LogP contribution in [0.4, 0.5) is 5.69 Å². The van der Waals surface area contributed by atoms with Crippen LogP contribution in [0.15, 0.2) is 59.0 Å². The number of ether oxygens (including phenoxy) is 2. The van der Waals surface area contributed by atoms with Gasteiger partial charge in [-0.1, -0.05) is 0 Å². The first-order chi connectivity index (χ1) is 15.9. The fraction of sp³-hybridized carbons (Fsp3) is 0.160. The van der Waals surface area contributed by atoms with Crippen LogP contribution in [0.1, 0.15) is 21.5 Å². The fourth-order valence-electron chi connectivity index (χ4n) is 3.31. The number of nitrogens with zero attached hydrogens (tertiary/aromatic N) is 1. The Balaban J connectivity index is 1.42. The molecule has 0 spiro atoms. The quantitative estimate of drug-likeness (QED) is 0.392. The molecule has 8 heteroatoms. The number of hydrogen-bond acceptors (Lipinski definition) is 6. The molecule has 2 N–H and O–H groups in total. The average Bonchev–Trinajstić information content (AvgIpc) is 3.21. The summed E-state index contributed by atoms with van der Waals surface area (Å²) in [6.45, 7) is 4.10. The molecular formula is C25H23N3O4S. The Hall–Kier alpha value is -3.91. The summed E-state index contributed by atoms with van der Waals surface area (Å²) in [7, 11) is 3.05. The second-order valence-corrected chi connectivity index (χ2v) is 7.89. The van der Waals surface area contributed by atoms with E-state index in [1.54, 1.807) is 18.2 Å². The molecule has 0 saturated heterocycles. The van der Waals surface area contributed by atoms with Gasteiger partial charge in [0.2, 0.25) is 5.89 Å². The summed E-state index contributed by atoms with van der Waals surface area (Å²) in [5.41, 5.74) is 5.88. The molecule has 1 aromatic heterocycles. The van der Waals surface area contributed by atoms with Crippen molar-refractivity contribution >= 4 is 40.0 Å². The van der Waals surface area contributed by atoms with Gasteiger partial charge in [-0.25, -0.2) is 4.98 Å². The molecule has 0 aliphatic carbocycles. The topological polar surface area (TPSA) is 85.6 Å². The van der Waals surface area contributed by atoms with Crippen molar-refractivity contribution in [2.75, 3.05) is 19.5 Å². The van der Waals surface area contributed by atoms with Crippen molar-refractivity contribution in [2.45, 2.75) is 13.8 Å². The number of amides is 1. The van der Waals surface area contributed by atoms with Gasteiger partial charge in [-0.2, -0.15) is 0 Å². The van der Waals surface area contributed by atoms with E-state index in [0.29, 0.717) is 23.0 Å². The average molecular weight is 462 g/mol. The molecule has 0 radical (unpaired) electrons. The van der Waals surface area contributed by atoms with Gasteiger partial charge in [-0.15, -0.1) is 0 Å². The number of rotatable bonds is 5. The maximum Gasteiger partial charge on any atom is 0.257 e. The molecule has 1 amide bonds. The van der Waals surface area contributed by atoms with Crippen molar-refractivity contribution in [2.24, 2.45) is 0 Å². The largest absolute Gasteiger partial charge is 0.493 e. The lowest BCUT2D eigenvalue weighted by molar-refractivity contribution is 0.0977. The second kappa shape index (κ2) is 9.30. The predicted molar refractivity (Wildman–Crippen MR) is 132 cm³/mol. The van der Waals surface area contributed by atoms with Gasteiger partial charge in [0.15, 0.2) is 22.2 Å². The summed E-state index contributed by atoms with van der Waals surface area (Å²) in [5.74, 6) is 1.19. The van der Waals surface area contributed by atoms with Crippen molar-refractivity contribution < 1.29 is 18.7 Å². The molecule has 0 unspecified atom stereocenters. The van der Waals surface area contributed by atoms with E-state index in [2.05, 4.69) is 22.5 Å². The maximum absolute atomic E-state index is 12.5. The van der Waals surface area contributed by atoms with Crippen LogP contribution < -0.4 is 20.1 Å². The van der Waals surface area contributed by atoms with E-state index in [4.69, 9.17) is 26.1 Å². The second-order valence-electron chi connectivity index (χ2n) is 7.48. The fourth-order valence-corrected chi connectivity index (χ4v) is 3.53. The number of aromatic nitrogens is 1. The minimum absolute atomic E-state index is 0.176. The lowest BCUT2D eigenvalue weighted by atomic mass is 10.1. The Labute approximate surface area is 196 Å². The van der Waals surface area contributed by atoms with Crippen LogP contribution in [0.5, 0.6) is 11.5 Å². The molecule has 0 aliphatic heterocycles. The van der Waals surface area contributed by atoms with E-state index in [9.17, 15) is 4.79 Å². The van der Waals surface area contributed by atoms with Crippen molar-refractivity contribution in [3.8, 4) is 23.0 Å². The predicted octanol–water partition coefficient (Wildman–Crippen LogP) is 5.26. The van der Waals surface area contributed by atoms with Gasteiger partial charge in [0.05, 0.1) is 14.2 Å². The van der Waals surface area contributed by atoms with Gasteiger partial charge in [0.25, 0.3) is 5.91 Å². The summed E-state index contributed by atoms with van der Waals surface area (Å²) in [4.78, 5) is 17.1. The normalized spacial score (nSPS) is 10.7. The number of aryl methyl sites for hydroxylation is 2. The van der Waals surface area contributed by atoms with Gasteiger partial charge >= 0.3 is 0 Å². The first kappa shape index (κ1) is 22.3. The highest BCUT2D eigenvalue weighted by molar-refractivity contribution is 7.80. The van der Waals surface area contributed by atoms with Crippen molar-refractivity contribution in [1.82, 2.24) is 10.3 Å². The SMILES string of the molecule is COc1ccc(C(=O)NC(=S)Nc2ccc(-c3nc4cc(C)c(C)cc4o3)cc2)cc1OC. The first-order valence-electron chi connectivity index (χ1n) is 10.2. The summed E-state index contributed by atoms with van der Waals surface area (Å²) >= 11 is 5.29. The molecule has 168 valence electrons. The third-order valence-electron chi connectivity index (χ3n) is 5.27. The number of fused-ring (bicyclic) bond motifs is 1. The van der Waals surface area contributed by atoms with Crippen LogP contribution in [0.2, 0.25) is 0 Å². The van der Waals surface area contributed by atoms with Gasteiger partial charge < -0.3 is 19.2 Å². The Bertz CT molecular complexity index is 1310. The molecule has 4 rings (SSSR count). The van der Waals surface area contributed by atoms with Crippen LogP contribution in [0.25, 0.3) is 22.6 Å². The standard InChI is InChI=1S/C25H23N3O4S/c1-14-11-19-21(12-15(14)2)32-24(27-19)16-5-8-18(9-6-16)26-25(33)28-23(29)17-7-10-20(30-3)22(13-17)31-4/h5-13H,1-4H3,(H2,26,28,29,33). The van der Waals surface area contributed by atoms with E-state index in [-0.39, 0.29) is 11.0 Å². The number of thiocarbonyl (C=S) groups is 1. The zero-order valence-electron chi connectivity index (χ0n) is 18.7. The number of carbonyl (C=O) groups is 1. The van der Waals surface area contributed by atoms with Crippen molar-refractivity contribution in [3.63, 3.8) is 0 Å². The minimum Gasteiger partial charge on any atom is -0.493 e. The molecule has 1 heterocycles. The third kappa shape index (κ3) is 4.80. The zero-order chi connectivity index (χ0) is 23.5. The molecule has 3 aromatic carbocycles. The van der Waals surface area contributed by atoms with Crippen molar-refractivity contribution in [3.05, 3.63) is 71.3 Å². The highest BCUT2D eigenvalue weighted by Gasteiger charge is 2.13. The van der Waals surface area contributed by atoms with E-state index in [0.717, 1.165) is 27.9 Å². The highest BCUT2D eigenvalue weighted by atomic mass is 32.1. The van der Waals surface area contributed by atoms with Crippen LogP contribution in [-0.4, -0.2) is 30.2 Å². The molecule has 33 heavy (non-hydrogen) atoms. The molecular weight excluding hydrogens is 438 g/mol. The van der Waals surface area contributed by atoms with Crippen molar-refractivity contribution in [1.29, 1.82) is 0 Å². The van der Waals surface area contributed by atoms with E-state index >= 15 is 0 Å². The Kier molecular flexibility index (Phi) is 6.28. The number of hydrogen-bond donors (Lipinski definition) is 2. The van der Waals surface area contributed by atoms with Gasteiger partial charge in [-0.05, 0) is 91.8 Å². The number of benzene rings is 3. The number of anilines is 1. The molecule has 0 fully saturated rings. The minimum atomic E-state index is -0.359. The zero-order valence-corrected chi connectivity index (χ0v) is 19.5. The summed E-state index contributed by atoms with van der Waals surface area (Å²) in [6.07, 6.45) is 0. The Morgan fingerprint density at radius 2 is 1.64 bits per heavy atom. The van der Waals surface area contributed by atoms with E-state index in [1.807, 2.05) is 43.3 Å². The highest BCUT2D eigenvalue weighted by Crippen LogP contribution is 2.28. The van der Waals surface area contributed by atoms with E-state index in [1.165, 1.54) is 19.8 Å².